The van der Waals surface area contributed by atoms with Gasteiger partial charge in [0.25, 0.3) is 0 Å². The Labute approximate surface area is 149 Å². The van der Waals surface area contributed by atoms with Crippen molar-refractivity contribution in [3.05, 3.63) is 31.1 Å². The molecule has 0 saturated heterocycles. The van der Waals surface area contributed by atoms with E-state index in [4.69, 9.17) is 0 Å². The smallest absolute Gasteiger partial charge is 0.242 e. The Morgan fingerprint density at radius 3 is 2.48 bits per heavy atom. The predicted molar refractivity (Wildman–Crippen MR) is 96.6 cm³/mol. The van der Waals surface area contributed by atoms with Crippen molar-refractivity contribution >= 4 is 5.91 Å². The van der Waals surface area contributed by atoms with Crippen LogP contribution in [0.1, 0.15) is 39.4 Å². The molecule has 1 aromatic heterocycles. The molecule has 8 nitrogen and oxygen atoms in total. The van der Waals surface area contributed by atoms with E-state index < -0.39 is 11.6 Å². The van der Waals surface area contributed by atoms with Crippen molar-refractivity contribution in [2.24, 2.45) is 0 Å². The average molecular weight is 350 g/mol. The molecule has 0 bridgehead atoms. The SMILES string of the molecule is C=CCC(O)(CC=C)[C@H](C)NC(=O)Cn1nnnc1CN(C)C(C)C. The molecule has 1 atom stereocenters. The van der Waals surface area contributed by atoms with Gasteiger partial charge in [0.1, 0.15) is 6.54 Å². The van der Waals surface area contributed by atoms with E-state index in [0.29, 0.717) is 31.3 Å². The summed E-state index contributed by atoms with van der Waals surface area (Å²) in [4.78, 5) is 14.4. The van der Waals surface area contributed by atoms with Gasteiger partial charge in [0.05, 0.1) is 18.2 Å². The van der Waals surface area contributed by atoms with Crippen molar-refractivity contribution in [3.63, 3.8) is 0 Å². The summed E-state index contributed by atoms with van der Waals surface area (Å²) in [5.74, 6) is 0.353. The third-order valence-electron chi connectivity index (χ3n) is 4.35. The minimum absolute atomic E-state index is 0.00311. The summed E-state index contributed by atoms with van der Waals surface area (Å²) in [5, 5.41) is 25.0. The normalized spacial score (nSPS) is 13.1. The van der Waals surface area contributed by atoms with Crippen LogP contribution in [0.4, 0.5) is 0 Å². The topological polar surface area (TPSA) is 96.2 Å². The second kappa shape index (κ2) is 9.43. The first kappa shape index (κ1) is 21.0. The van der Waals surface area contributed by atoms with Crippen LogP contribution in [0.3, 0.4) is 0 Å². The van der Waals surface area contributed by atoms with Crippen molar-refractivity contribution in [1.82, 2.24) is 30.4 Å². The van der Waals surface area contributed by atoms with Crippen molar-refractivity contribution in [2.45, 2.75) is 64.4 Å². The molecule has 1 rings (SSSR count). The van der Waals surface area contributed by atoms with E-state index in [1.807, 2.05) is 7.05 Å². The summed E-state index contributed by atoms with van der Waals surface area (Å²) in [5.41, 5.74) is -1.11. The van der Waals surface area contributed by atoms with E-state index in [1.165, 1.54) is 4.68 Å². The van der Waals surface area contributed by atoms with Crippen LogP contribution in [0.5, 0.6) is 0 Å². The minimum atomic E-state index is -1.11. The monoisotopic (exact) mass is 350 g/mol. The van der Waals surface area contributed by atoms with E-state index in [-0.39, 0.29) is 12.5 Å². The lowest BCUT2D eigenvalue weighted by Crippen LogP contribution is -2.51. The molecule has 2 N–H and O–H groups in total. The highest BCUT2D eigenvalue weighted by Gasteiger charge is 2.32. The first-order valence-electron chi connectivity index (χ1n) is 8.42. The number of carbonyl (C=O) groups excluding carboxylic acids is 1. The molecular formula is C17H30N6O2. The fourth-order valence-electron chi connectivity index (χ4n) is 2.36. The summed E-state index contributed by atoms with van der Waals surface area (Å²) >= 11 is 0. The molecule has 1 amide bonds. The molecule has 0 unspecified atom stereocenters. The molecule has 0 spiro atoms. The third kappa shape index (κ3) is 6.06. The Kier molecular flexibility index (Phi) is 7.92. The number of amides is 1. The number of rotatable bonds is 11. The first-order chi connectivity index (χ1) is 11.7. The van der Waals surface area contributed by atoms with Gasteiger partial charge in [-0.2, -0.15) is 0 Å². The fraction of sp³-hybridized carbons (Fsp3) is 0.647. The Bertz CT molecular complexity index is 573. The Balaban J connectivity index is 2.72. The second-order valence-corrected chi connectivity index (χ2v) is 6.64. The lowest BCUT2D eigenvalue weighted by atomic mass is 9.88. The summed E-state index contributed by atoms with van der Waals surface area (Å²) < 4.78 is 1.47. The Morgan fingerprint density at radius 1 is 1.36 bits per heavy atom. The second-order valence-electron chi connectivity index (χ2n) is 6.64. The van der Waals surface area contributed by atoms with Crippen molar-refractivity contribution in [3.8, 4) is 0 Å². The third-order valence-corrected chi connectivity index (χ3v) is 4.35. The Morgan fingerprint density at radius 2 is 1.96 bits per heavy atom. The van der Waals surface area contributed by atoms with Crippen LogP contribution >= 0.6 is 0 Å². The molecule has 0 aromatic carbocycles. The molecule has 1 aromatic rings. The lowest BCUT2D eigenvalue weighted by Gasteiger charge is -2.33. The number of tetrazole rings is 1. The quantitative estimate of drug-likeness (QED) is 0.576. The van der Waals surface area contributed by atoms with Crippen LogP contribution in [0.25, 0.3) is 0 Å². The zero-order chi connectivity index (χ0) is 19.0. The van der Waals surface area contributed by atoms with Crippen molar-refractivity contribution < 1.29 is 9.90 Å². The number of nitrogens with zero attached hydrogens (tertiary/aromatic N) is 5. The van der Waals surface area contributed by atoms with E-state index in [2.05, 4.69) is 52.7 Å². The van der Waals surface area contributed by atoms with E-state index in [0.717, 1.165) is 0 Å². The number of nitrogens with one attached hydrogen (secondary N) is 1. The summed E-state index contributed by atoms with van der Waals surface area (Å²) in [7, 11) is 1.97. The van der Waals surface area contributed by atoms with Crippen LogP contribution in [0, 0.1) is 0 Å². The molecule has 8 heteroatoms. The standard InChI is InChI=1S/C17H30N6O2/c1-7-9-17(25,10-8-2)14(5)18-16(24)12-23-15(19-20-21-23)11-22(6)13(3)4/h7-8,13-14,25H,1-2,9-12H2,3-6H3,(H,18,24)/t14-/m0/s1. The van der Waals surface area contributed by atoms with Gasteiger partial charge in [0, 0.05) is 6.04 Å². The average Bonchev–Trinajstić information content (AvgIpc) is 2.94. The summed E-state index contributed by atoms with van der Waals surface area (Å²) in [6.45, 7) is 13.8. The highest BCUT2D eigenvalue weighted by Crippen LogP contribution is 2.21. The zero-order valence-electron chi connectivity index (χ0n) is 15.6. The molecule has 0 radical (unpaired) electrons. The van der Waals surface area contributed by atoms with E-state index >= 15 is 0 Å². The van der Waals surface area contributed by atoms with Crippen molar-refractivity contribution in [2.75, 3.05) is 7.05 Å². The highest BCUT2D eigenvalue weighted by atomic mass is 16.3. The van der Waals surface area contributed by atoms with E-state index in [1.54, 1.807) is 19.1 Å². The lowest BCUT2D eigenvalue weighted by molar-refractivity contribution is -0.124. The van der Waals surface area contributed by atoms with Gasteiger partial charge in [-0.1, -0.05) is 12.2 Å². The maximum Gasteiger partial charge on any atom is 0.242 e. The maximum atomic E-state index is 12.3. The molecule has 140 valence electrons. The number of aliphatic hydroxyl groups is 1. The maximum absolute atomic E-state index is 12.3. The molecule has 0 fully saturated rings. The Hall–Kier alpha value is -2.06. The van der Waals surface area contributed by atoms with Gasteiger partial charge in [-0.3, -0.25) is 9.69 Å². The highest BCUT2D eigenvalue weighted by molar-refractivity contribution is 5.76. The molecule has 1 heterocycles. The van der Waals surface area contributed by atoms with Gasteiger partial charge in [0.2, 0.25) is 5.91 Å². The van der Waals surface area contributed by atoms with Gasteiger partial charge in [-0.25, -0.2) is 4.68 Å². The number of hydrogen-bond acceptors (Lipinski definition) is 6. The molecule has 0 aliphatic heterocycles. The van der Waals surface area contributed by atoms with Crippen LogP contribution in [-0.2, 0) is 17.9 Å². The number of aromatic nitrogens is 4. The van der Waals surface area contributed by atoms with Crippen molar-refractivity contribution in [1.29, 1.82) is 0 Å². The predicted octanol–water partition coefficient (Wildman–Crippen LogP) is 0.901. The van der Waals surface area contributed by atoms with Gasteiger partial charge in [0.15, 0.2) is 5.82 Å². The largest absolute Gasteiger partial charge is 0.387 e. The first-order valence-corrected chi connectivity index (χ1v) is 8.42. The molecule has 0 aliphatic carbocycles. The molecule has 25 heavy (non-hydrogen) atoms. The van der Waals surface area contributed by atoms with Crippen LogP contribution < -0.4 is 5.32 Å². The van der Waals surface area contributed by atoms with Crippen LogP contribution in [0.15, 0.2) is 25.3 Å². The van der Waals surface area contributed by atoms with Gasteiger partial charge < -0.3 is 10.4 Å². The van der Waals surface area contributed by atoms with Gasteiger partial charge in [-0.05, 0) is 51.1 Å². The van der Waals surface area contributed by atoms with Gasteiger partial charge in [-0.15, -0.1) is 18.3 Å². The minimum Gasteiger partial charge on any atom is -0.387 e. The fourth-order valence-corrected chi connectivity index (χ4v) is 2.36. The van der Waals surface area contributed by atoms with Crippen LogP contribution in [-0.4, -0.2) is 60.9 Å². The van der Waals surface area contributed by atoms with Gasteiger partial charge >= 0.3 is 0 Å². The molecular weight excluding hydrogens is 320 g/mol. The summed E-state index contributed by atoms with van der Waals surface area (Å²) in [6.07, 6.45) is 3.98. The number of carbonyl (C=O) groups is 1. The van der Waals surface area contributed by atoms with E-state index in [9.17, 15) is 9.90 Å². The molecule has 0 aliphatic rings. The summed E-state index contributed by atoms with van der Waals surface area (Å²) in [6, 6.07) is -0.124. The zero-order valence-corrected chi connectivity index (χ0v) is 15.6. The van der Waals surface area contributed by atoms with Crippen LogP contribution in [0.2, 0.25) is 0 Å². The molecule has 0 saturated carbocycles. The number of hydrogen-bond donors (Lipinski definition) is 2.